The number of hydrogen-bond donors (Lipinski definition) is 2. The van der Waals surface area contributed by atoms with Crippen LogP contribution in [0, 0.1) is 5.92 Å². The van der Waals surface area contributed by atoms with Crippen LogP contribution in [0.4, 0.5) is 4.79 Å². The van der Waals surface area contributed by atoms with Gasteiger partial charge in [0.25, 0.3) is 0 Å². The number of esters is 1. The van der Waals surface area contributed by atoms with Crippen molar-refractivity contribution in [2.75, 3.05) is 0 Å². The highest BCUT2D eigenvalue weighted by Gasteiger charge is 2.39. The predicted octanol–water partition coefficient (Wildman–Crippen LogP) is 4.49. The molecule has 0 heterocycles. The molecule has 1 saturated carbocycles. The van der Waals surface area contributed by atoms with Gasteiger partial charge in [0.15, 0.2) is 0 Å². The summed E-state index contributed by atoms with van der Waals surface area (Å²) in [6, 6.07) is 8.71. The summed E-state index contributed by atoms with van der Waals surface area (Å²) in [5, 5.41) is 5.78. The number of carbonyl (C=O) groups is 3. The second kappa shape index (κ2) is 11.3. The van der Waals surface area contributed by atoms with Gasteiger partial charge in [0.2, 0.25) is 5.91 Å². The van der Waals surface area contributed by atoms with E-state index in [2.05, 4.69) is 10.6 Å². The molecule has 7 heteroatoms. The molecule has 2 rings (SSSR count). The van der Waals surface area contributed by atoms with Crippen molar-refractivity contribution >= 4 is 18.0 Å². The third-order valence-corrected chi connectivity index (χ3v) is 5.38. The zero-order valence-electron chi connectivity index (χ0n) is 20.0. The highest BCUT2D eigenvalue weighted by molar-refractivity contribution is 5.85. The van der Waals surface area contributed by atoms with E-state index in [1.807, 2.05) is 44.2 Å². The molecule has 1 fully saturated rings. The van der Waals surface area contributed by atoms with E-state index in [4.69, 9.17) is 9.47 Å². The van der Waals surface area contributed by atoms with E-state index in [1.165, 1.54) is 0 Å². The van der Waals surface area contributed by atoms with Gasteiger partial charge in [0, 0.05) is 6.42 Å². The van der Waals surface area contributed by atoms with Crippen molar-refractivity contribution in [3.05, 3.63) is 35.9 Å². The van der Waals surface area contributed by atoms with Crippen LogP contribution in [0.1, 0.15) is 78.7 Å². The largest absolute Gasteiger partial charge is 0.459 e. The third-order valence-electron chi connectivity index (χ3n) is 5.38. The second-order valence-corrected chi connectivity index (χ2v) is 10.1. The SMILES string of the molecule is CC(C)CC(NC(=O)CC1(NC(=O)OC(C)(C)C)CCCC1)C(=O)OCc1ccccc1. The molecule has 0 aliphatic heterocycles. The van der Waals surface area contributed by atoms with Crippen molar-refractivity contribution in [3.8, 4) is 0 Å². The van der Waals surface area contributed by atoms with Crippen LogP contribution in [0.3, 0.4) is 0 Å². The second-order valence-electron chi connectivity index (χ2n) is 10.1. The van der Waals surface area contributed by atoms with Gasteiger partial charge in [-0.15, -0.1) is 0 Å². The van der Waals surface area contributed by atoms with Crippen molar-refractivity contribution in [1.82, 2.24) is 10.6 Å². The van der Waals surface area contributed by atoms with Gasteiger partial charge in [-0.05, 0) is 51.5 Å². The summed E-state index contributed by atoms with van der Waals surface area (Å²) in [7, 11) is 0. The molecule has 2 N–H and O–H groups in total. The number of hydrogen-bond acceptors (Lipinski definition) is 5. The van der Waals surface area contributed by atoms with E-state index >= 15 is 0 Å². The molecule has 1 unspecified atom stereocenters. The fourth-order valence-corrected chi connectivity index (χ4v) is 3.99. The first-order valence-electron chi connectivity index (χ1n) is 11.5. The van der Waals surface area contributed by atoms with Gasteiger partial charge >= 0.3 is 12.1 Å². The highest BCUT2D eigenvalue weighted by atomic mass is 16.6. The van der Waals surface area contributed by atoms with Crippen LogP contribution in [0.2, 0.25) is 0 Å². The summed E-state index contributed by atoms with van der Waals surface area (Å²) in [5.74, 6) is -0.522. The van der Waals surface area contributed by atoms with Crippen LogP contribution in [-0.2, 0) is 25.7 Å². The lowest BCUT2D eigenvalue weighted by Crippen LogP contribution is -2.52. The number of rotatable bonds is 9. The smallest absolute Gasteiger partial charge is 0.408 e. The van der Waals surface area contributed by atoms with Crippen molar-refractivity contribution in [1.29, 1.82) is 0 Å². The molecule has 0 aromatic heterocycles. The minimum Gasteiger partial charge on any atom is -0.459 e. The van der Waals surface area contributed by atoms with E-state index in [-0.39, 0.29) is 24.9 Å². The molecule has 0 saturated heterocycles. The molecule has 178 valence electrons. The van der Waals surface area contributed by atoms with Crippen LogP contribution in [0.15, 0.2) is 30.3 Å². The summed E-state index contributed by atoms with van der Waals surface area (Å²) >= 11 is 0. The molecule has 0 radical (unpaired) electrons. The van der Waals surface area contributed by atoms with Crippen LogP contribution < -0.4 is 10.6 Å². The Morgan fingerprint density at radius 2 is 1.69 bits per heavy atom. The summed E-state index contributed by atoms with van der Waals surface area (Å²) in [4.78, 5) is 38.0. The van der Waals surface area contributed by atoms with Crippen LogP contribution >= 0.6 is 0 Å². The van der Waals surface area contributed by atoms with Crippen molar-refractivity contribution in [2.45, 2.75) is 96.9 Å². The minimum absolute atomic E-state index is 0.104. The molecule has 1 aliphatic rings. The van der Waals surface area contributed by atoms with E-state index in [0.29, 0.717) is 19.3 Å². The minimum atomic E-state index is -0.730. The van der Waals surface area contributed by atoms with Gasteiger partial charge in [-0.2, -0.15) is 0 Å². The van der Waals surface area contributed by atoms with Crippen molar-refractivity contribution < 1.29 is 23.9 Å². The maximum atomic E-state index is 12.9. The molecule has 1 aromatic carbocycles. The Kier molecular flexibility index (Phi) is 9.10. The van der Waals surface area contributed by atoms with E-state index in [9.17, 15) is 14.4 Å². The molecular weight excluding hydrogens is 408 g/mol. The first kappa shape index (κ1) is 25.7. The van der Waals surface area contributed by atoms with Gasteiger partial charge < -0.3 is 20.1 Å². The number of benzene rings is 1. The molecule has 7 nitrogen and oxygen atoms in total. The first-order valence-corrected chi connectivity index (χ1v) is 11.5. The van der Waals surface area contributed by atoms with Crippen LogP contribution in [-0.4, -0.2) is 35.2 Å². The monoisotopic (exact) mass is 446 g/mol. The average Bonchev–Trinajstić information content (AvgIpc) is 3.11. The molecule has 1 atom stereocenters. The fourth-order valence-electron chi connectivity index (χ4n) is 3.99. The molecule has 32 heavy (non-hydrogen) atoms. The predicted molar refractivity (Wildman–Crippen MR) is 123 cm³/mol. The van der Waals surface area contributed by atoms with Gasteiger partial charge in [0.1, 0.15) is 18.2 Å². The molecule has 2 amide bonds. The molecule has 0 spiro atoms. The average molecular weight is 447 g/mol. The quantitative estimate of drug-likeness (QED) is 0.545. The Labute approximate surface area is 191 Å². The lowest BCUT2D eigenvalue weighted by molar-refractivity contribution is -0.149. The van der Waals surface area contributed by atoms with Gasteiger partial charge in [0.05, 0.1) is 5.54 Å². The maximum absolute atomic E-state index is 12.9. The highest BCUT2D eigenvalue weighted by Crippen LogP contribution is 2.33. The number of carbonyl (C=O) groups excluding carboxylic acids is 3. The standard InChI is InChI=1S/C25H38N2O5/c1-18(2)15-20(22(29)31-17-19-11-7-6-8-12-19)26-21(28)16-25(13-9-10-14-25)27-23(30)32-24(3,4)5/h6-8,11-12,18,20H,9-10,13-17H2,1-5H3,(H,26,28)(H,27,30). The van der Waals surface area contributed by atoms with Gasteiger partial charge in [-0.25, -0.2) is 9.59 Å². The summed E-state index contributed by atoms with van der Waals surface area (Å²) in [6.07, 6.45) is 3.32. The Balaban J connectivity index is 1.99. The molecule has 1 aromatic rings. The fraction of sp³-hybridized carbons (Fsp3) is 0.640. The topological polar surface area (TPSA) is 93.7 Å². The summed E-state index contributed by atoms with van der Waals surface area (Å²) in [5.41, 5.74) is -0.373. The first-order chi connectivity index (χ1) is 15.0. The van der Waals surface area contributed by atoms with Gasteiger partial charge in [-0.1, -0.05) is 57.0 Å². The number of alkyl carbamates (subject to hydrolysis) is 1. The van der Waals surface area contributed by atoms with Gasteiger partial charge in [-0.3, -0.25) is 4.79 Å². The summed E-state index contributed by atoms with van der Waals surface area (Å²) < 4.78 is 10.9. The van der Waals surface area contributed by atoms with E-state index < -0.39 is 29.2 Å². The zero-order valence-corrected chi connectivity index (χ0v) is 20.0. The summed E-state index contributed by atoms with van der Waals surface area (Å²) in [6.45, 7) is 9.56. The lowest BCUT2D eigenvalue weighted by atomic mass is 9.92. The number of amides is 2. The van der Waals surface area contributed by atoms with Crippen molar-refractivity contribution in [2.24, 2.45) is 5.92 Å². The van der Waals surface area contributed by atoms with Crippen LogP contribution in [0.25, 0.3) is 0 Å². The van der Waals surface area contributed by atoms with E-state index in [0.717, 1.165) is 18.4 Å². The Morgan fingerprint density at radius 3 is 2.25 bits per heavy atom. The molecule has 1 aliphatic carbocycles. The van der Waals surface area contributed by atoms with Crippen molar-refractivity contribution in [3.63, 3.8) is 0 Å². The number of nitrogens with one attached hydrogen (secondary N) is 2. The van der Waals surface area contributed by atoms with Crippen LogP contribution in [0.5, 0.6) is 0 Å². The Hall–Kier alpha value is -2.57. The third kappa shape index (κ3) is 8.89. The lowest BCUT2D eigenvalue weighted by Gasteiger charge is -2.32. The normalized spacial score (nSPS) is 16.3. The molecular formula is C25H38N2O5. The maximum Gasteiger partial charge on any atom is 0.408 e. The zero-order chi connectivity index (χ0) is 23.8. The number of ether oxygens (including phenoxy) is 2. The van der Waals surface area contributed by atoms with E-state index in [1.54, 1.807) is 20.8 Å². The Bertz CT molecular complexity index is 764. The molecule has 0 bridgehead atoms. The Morgan fingerprint density at radius 1 is 1.06 bits per heavy atom.